The van der Waals surface area contributed by atoms with Crippen molar-refractivity contribution in [2.24, 2.45) is 0 Å². The Morgan fingerprint density at radius 1 is 1.00 bits per heavy atom. The van der Waals surface area contributed by atoms with Gasteiger partial charge in [0.05, 0.1) is 0 Å². The summed E-state index contributed by atoms with van der Waals surface area (Å²) >= 11 is 0. The lowest BCUT2D eigenvalue weighted by atomic mass is 10.0. The summed E-state index contributed by atoms with van der Waals surface area (Å²) < 4.78 is 0. The van der Waals surface area contributed by atoms with Crippen molar-refractivity contribution in [2.45, 2.75) is 20.8 Å². The number of nitrogens with one attached hydrogen (secondary N) is 1. The molecule has 3 N–H and O–H groups in total. The Kier molecular flexibility index (Phi) is 3.56. The molecule has 0 aliphatic rings. The van der Waals surface area contributed by atoms with Crippen LogP contribution in [0.15, 0.2) is 36.4 Å². The molecule has 0 fully saturated rings. The maximum Gasteiger partial charge on any atom is 0.255 e. The molecule has 0 saturated carbocycles. The number of hydrogen-bond acceptors (Lipinski definition) is 2. The average Bonchev–Trinajstić information content (AvgIpc) is 2.36. The number of amides is 1. The van der Waals surface area contributed by atoms with Gasteiger partial charge in [0.25, 0.3) is 5.91 Å². The number of aryl methyl sites for hydroxylation is 3. The van der Waals surface area contributed by atoms with E-state index in [0.717, 1.165) is 22.4 Å². The minimum Gasteiger partial charge on any atom is -0.399 e. The minimum atomic E-state index is -0.102. The van der Waals surface area contributed by atoms with Gasteiger partial charge in [0.2, 0.25) is 0 Å². The SMILES string of the molecule is Cc1ccc(C)c(C(=O)Nc2cc(N)ccc2C)c1. The molecular formula is C16H18N2O. The molecule has 0 bridgehead atoms. The van der Waals surface area contributed by atoms with Gasteiger partial charge >= 0.3 is 0 Å². The van der Waals surface area contributed by atoms with Crippen LogP contribution in [-0.4, -0.2) is 5.91 Å². The molecule has 3 heteroatoms. The number of nitrogen functional groups attached to an aromatic ring is 1. The molecule has 98 valence electrons. The summed E-state index contributed by atoms with van der Waals surface area (Å²) in [4.78, 5) is 12.3. The van der Waals surface area contributed by atoms with Gasteiger partial charge in [0.15, 0.2) is 0 Å². The normalized spacial score (nSPS) is 10.3. The first-order chi connectivity index (χ1) is 8.97. The monoisotopic (exact) mass is 254 g/mol. The van der Waals surface area contributed by atoms with Crippen LogP contribution in [0.1, 0.15) is 27.0 Å². The molecule has 0 aliphatic carbocycles. The number of hydrogen-bond donors (Lipinski definition) is 2. The van der Waals surface area contributed by atoms with Crippen LogP contribution in [0.2, 0.25) is 0 Å². The third-order valence-corrected chi connectivity index (χ3v) is 3.15. The van der Waals surface area contributed by atoms with E-state index in [0.29, 0.717) is 11.3 Å². The van der Waals surface area contributed by atoms with E-state index in [-0.39, 0.29) is 5.91 Å². The fourth-order valence-electron chi connectivity index (χ4n) is 1.94. The lowest BCUT2D eigenvalue weighted by Crippen LogP contribution is -2.14. The maximum atomic E-state index is 12.3. The summed E-state index contributed by atoms with van der Waals surface area (Å²) in [6.45, 7) is 5.85. The van der Waals surface area contributed by atoms with Crippen molar-refractivity contribution in [3.8, 4) is 0 Å². The molecule has 0 radical (unpaired) electrons. The van der Waals surface area contributed by atoms with Crippen molar-refractivity contribution in [1.82, 2.24) is 0 Å². The summed E-state index contributed by atoms with van der Waals surface area (Å²) in [5.41, 5.74) is 10.9. The van der Waals surface area contributed by atoms with Gasteiger partial charge in [-0.1, -0.05) is 23.8 Å². The molecule has 0 aromatic heterocycles. The predicted octanol–water partition coefficient (Wildman–Crippen LogP) is 3.45. The third-order valence-electron chi connectivity index (χ3n) is 3.15. The Hall–Kier alpha value is -2.29. The predicted molar refractivity (Wildman–Crippen MR) is 79.5 cm³/mol. The zero-order valence-electron chi connectivity index (χ0n) is 11.4. The van der Waals surface area contributed by atoms with Gasteiger partial charge in [-0.2, -0.15) is 0 Å². The van der Waals surface area contributed by atoms with Crippen molar-refractivity contribution >= 4 is 17.3 Å². The van der Waals surface area contributed by atoms with Gasteiger partial charge in [-0.25, -0.2) is 0 Å². The van der Waals surface area contributed by atoms with E-state index in [4.69, 9.17) is 5.73 Å². The number of rotatable bonds is 2. The molecule has 0 saturated heterocycles. The molecule has 2 rings (SSSR count). The highest BCUT2D eigenvalue weighted by Crippen LogP contribution is 2.20. The van der Waals surface area contributed by atoms with Gasteiger partial charge in [-0.3, -0.25) is 4.79 Å². The van der Waals surface area contributed by atoms with Crippen molar-refractivity contribution in [3.05, 3.63) is 58.7 Å². The van der Waals surface area contributed by atoms with Gasteiger partial charge in [0.1, 0.15) is 0 Å². The summed E-state index contributed by atoms with van der Waals surface area (Å²) in [5, 5.41) is 2.92. The van der Waals surface area contributed by atoms with E-state index in [9.17, 15) is 4.79 Å². The number of anilines is 2. The first-order valence-electron chi connectivity index (χ1n) is 6.22. The van der Waals surface area contributed by atoms with Gasteiger partial charge in [0, 0.05) is 16.9 Å². The molecular weight excluding hydrogens is 236 g/mol. The third kappa shape index (κ3) is 2.94. The molecule has 0 aliphatic heterocycles. The Morgan fingerprint density at radius 2 is 1.68 bits per heavy atom. The number of carbonyl (C=O) groups is 1. The van der Waals surface area contributed by atoms with Gasteiger partial charge < -0.3 is 11.1 Å². The number of nitrogens with two attached hydrogens (primary N) is 1. The smallest absolute Gasteiger partial charge is 0.255 e. The van der Waals surface area contributed by atoms with Crippen LogP contribution >= 0.6 is 0 Å². The first kappa shape index (κ1) is 13.1. The van der Waals surface area contributed by atoms with Crippen LogP contribution in [0.25, 0.3) is 0 Å². The molecule has 0 spiro atoms. The molecule has 0 unspecified atom stereocenters. The highest BCUT2D eigenvalue weighted by atomic mass is 16.1. The largest absolute Gasteiger partial charge is 0.399 e. The van der Waals surface area contributed by atoms with Crippen LogP contribution in [-0.2, 0) is 0 Å². The van der Waals surface area contributed by atoms with Crippen LogP contribution in [0.5, 0.6) is 0 Å². The quantitative estimate of drug-likeness (QED) is 0.806. The lowest BCUT2D eigenvalue weighted by Gasteiger charge is -2.11. The lowest BCUT2D eigenvalue weighted by molar-refractivity contribution is 0.102. The Morgan fingerprint density at radius 3 is 2.42 bits per heavy atom. The Balaban J connectivity index is 2.30. The Labute approximate surface area is 113 Å². The highest BCUT2D eigenvalue weighted by Gasteiger charge is 2.10. The maximum absolute atomic E-state index is 12.3. The van der Waals surface area contributed by atoms with E-state index in [1.165, 1.54) is 0 Å². The van der Waals surface area contributed by atoms with E-state index in [1.54, 1.807) is 6.07 Å². The van der Waals surface area contributed by atoms with Gasteiger partial charge in [-0.15, -0.1) is 0 Å². The van der Waals surface area contributed by atoms with Crippen LogP contribution in [0, 0.1) is 20.8 Å². The minimum absolute atomic E-state index is 0.102. The highest BCUT2D eigenvalue weighted by molar-refractivity contribution is 6.05. The zero-order valence-corrected chi connectivity index (χ0v) is 11.4. The van der Waals surface area contributed by atoms with Crippen molar-refractivity contribution in [3.63, 3.8) is 0 Å². The molecule has 0 heterocycles. The van der Waals surface area contributed by atoms with E-state index < -0.39 is 0 Å². The molecule has 19 heavy (non-hydrogen) atoms. The second kappa shape index (κ2) is 5.14. The number of carbonyl (C=O) groups excluding carboxylic acids is 1. The van der Waals surface area contributed by atoms with Crippen molar-refractivity contribution < 1.29 is 4.79 Å². The molecule has 2 aromatic rings. The zero-order chi connectivity index (χ0) is 14.0. The molecule has 0 atom stereocenters. The van der Waals surface area contributed by atoms with Crippen LogP contribution in [0.4, 0.5) is 11.4 Å². The summed E-state index contributed by atoms with van der Waals surface area (Å²) in [5.74, 6) is -0.102. The van der Waals surface area contributed by atoms with E-state index in [1.807, 2.05) is 51.1 Å². The Bertz CT molecular complexity index is 633. The van der Waals surface area contributed by atoms with E-state index >= 15 is 0 Å². The topological polar surface area (TPSA) is 55.1 Å². The van der Waals surface area contributed by atoms with Crippen LogP contribution < -0.4 is 11.1 Å². The second-order valence-corrected chi connectivity index (χ2v) is 4.85. The molecule has 1 amide bonds. The molecule has 2 aromatic carbocycles. The van der Waals surface area contributed by atoms with Crippen molar-refractivity contribution in [1.29, 1.82) is 0 Å². The van der Waals surface area contributed by atoms with E-state index in [2.05, 4.69) is 5.32 Å². The fourth-order valence-corrected chi connectivity index (χ4v) is 1.94. The fraction of sp³-hybridized carbons (Fsp3) is 0.188. The summed E-state index contributed by atoms with van der Waals surface area (Å²) in [6, 6.07) is 11.3. The average molecular weight is 254 g/mol. The summed E-state index contributed by atoms with van der Waals surface area (Å²) in [7, 11) is 0. The van der Waals surface area contributed by atoms with Gasteiger partial charge in [-0.05, 0) is 50.1 Å². The second-order valence-electron chi connectivity index (χ2n) is 4.85. The number of benzene rings is 2. The molecule has 3 nitrogen and oxygen atoms in total. The van der Waals surface area contributed by atoms with Crippen molar-refractivity contribution in [2.75, 3.05) is 11.1 Å². The first-order valence-corrected chi connectivity index (χ1v) is 6.22. The summed E-state index contributed by atoms with van der Waals surface area (Å²) in [6.07, 6.45) is 0. The van der Waals surface area contributed by atoms with Crippen LogP contribution in [0.3, 0.4) is 0 Å². The standard InChI is InChI=1S/C16H18N2O/c1-10-4-5-11(2)14(8-10)16(19)18-15-9-13(17)7-6-12(15)3/h4-9H,17H2,1-3H3,(H,18,19).